The lowest BCUT2D eigenvalue weighted by molar-refractivity contribution is -0.153. The maximum atomic E-state index is 12.9. The molecule has 3 aliphatic carbocycles. The zero-order chi connectivity index (χ0) is 16.5. The van der Waals surface area contributed by atoms with E-state index in [9.17, 15) is 19.2 Å². The summed E-state index contributed by atoms with van der Waals surface area (Å²) in [4.78, 5) is 51.1. The summed E-state index contributed by atoms with van der Waals surface area (Å²) in [5.74, 6) is -3.23. The third kappa shape index (κ3) is 1.85. The highest BCUT2D eigenvalue weighted by Gasteiger charge is 2.63. The first kappa shape index (κ1) is 14.3. The number of anilines is 1. The summed E-state index contributed by atoms with van der Waals surface area (Å²) in [6.07, 6.45) is 0.231. The van der Waals surface area contributed by atoms with Crippen LogP contribution in [0.3, 0.4) is 0 Å². The number of fused-ring (bicyclic) bond motifs is 2. The van der Waals surface area contributed by atoms with Gasteiger partial charge in [0.15, 0.2) is 0 Å². The van der Waals surface area contributed by atoms with Crippen LogP contribution in [0.4, 0.5) is 5.69 Å². The zero-order valence-electron chi connectivity index (χ0n) is 13.0. The third-order valence-electron chi connectivity index (χ3n) is 5.40. The molecular formula is C18H17NO4. The van der Waals surface area contributed by atoms with Gasteiger partial charge in [-0.2, -0.15) is 0 Å². The monoisotopic (exact) mass is 311 g/mol. The Balaban J connectivity index is 1.80. The molecule has 1 aromatic carbocycles. The van der Waals surface area contributed by atoms with Gasteiger partial charge in [0, 0.05) is 24.7 Å². The van der Waals surface area contributed by atoms with Crippen LogP contribution in [0, 0.1) is 37.5 Å². The first-order chi connectivity index (χ1) is 10.9. The molecule has 2 bridgehead atoms. The standard InChI is InChI=1S/C18H17NO4/c1-8-3-9(2)5-10(4-8)19-17(22)15-11-6-13(20)12(7-14(11)21)16(15)18(19)23/h3-5,11-12,15-16H,6-7H2,1-2H3/t11-,12-,15-,16+/m1/s1. The Hall–Kier alpha value is -2.30. The number of hydrogen-bond acceptors (Lipinski definition) is 4. The normalized spacial score (nSPS) is 32.7. The molecule has 23 heavy (non-hydrogen) atoms. The number of imide groups is 1. The highest BCUT2D eigenvalue weighted by atomic mass is 16.2. The number of amides is 2. The van der Waals surface area contributed by atoms with E-state index in [1.54, 1.807) is 12.1 Å². The van der Waals surface area contributed by atoms with E-state index in [1.165, 1.54) is 4.90 Å². The quantitative estimate of drug-likeness (QED) is 0.738. The Morgan fingerprint density at radius 1 is 0.783 bits per heavy atom. The van der Waals surface area contributed by atoms with Crippen LogP contribution in [0.5, 0.6) is 0 Å². The van der Waals surface area contributed by atoms with Crippen LogP contribution in [0.2, 0.25) is 0 Å². The second-order valence-electron chi connectivity index (χ2n) is 6.96. The number of Topliss-reactive ketones (excluding diaryl/α,β-unsaturated/α-hetero) is 2. The molecule has 5 nitrogen and oxygen atoms in total. The van der Waals surface area contributed by atoms with Crippen molar-refractivity contribution in [3.63, 3.8) is 0 Å². The van der Waals surface area contributed by atoms with E-state index in [0.29, 0.717) is 5.69 Å². The Kier molecular flexibility index (Phi) is 2.86. The molecule has 1 heterocycles. The molecule has 5 rings (SSSR count). The zero-order valence-corrected chi connectivity index (χ0v) is 13.0. The lowest BCUT2D eigenvalue weighted by Crippen LogP contribution is -2.51. The Morgan fingerprint density at radius 3 is 1.65 bits per heavy atom. The van der Waals surface area contributed by atoms with E-state index in [4.69, 9.17) is 0 Å². The molecule has 2 amide bonds. The molecule has 3 saturated carbocycles. The van der Waals surface area contributed by atoms with E-state index in [1.807, 2.05) is 19.9 Å². The van der Waals surface area contributed by atoms with Crippen LogP contribution in [0.15, 0.2) is 18.2 Å². The van der Waals surface area contributed by atoms with E-state index < -0.39 is 23.7 Å². The van der Waals surface area contributed by atoms with Crippen LogP contribution in [0.1, 0.15) is 24.0 Å². The first-order valence-electron chi connectivity index (χ1n) is 7.90. The van der Waals surface area contributed by atoms with Gasteiger partial charge in [-0.1, -0.05) is 6.07 Å². The molecule has 1 saturated heterocycles. The maximum absolute atomic E-state index is 12.9. The smallest absolute Gasteiger partial charge is 0.238 e. The summed E-state index contributed by atoms with van der Waals surface area (Å²) >= 11 is 0. The van der Waals surface area contributed by atoms with Crippen LogP contribution in [-0.4, -0.2) is 23.4 Å². The molecule has 0 radical (unpaired) electrons. The summed E-state index contributed by atoms with van der Waals surface area (Å²) in [5, 5.41) is 0. The largest absolute Gasteiger partial charge is 0.299 e. The van der Waals surface area contributed by atoms with Crippen LogP contribution < -0.4 is 4.90 Å². The number of carbonyl (C=O) groups is 4. The highest BCUT2D eigenvalue weighted by molar-refractivity contribution is 6.25. The third-order valence-corrected chi connectivity index (χ3v) is 5.40. The molecule has 0 unspecified atom stereocenters. The molecule has 4 aliphatic rings. The fourth-order valence-electron chi connectivity index (χ4n) is 4.51. The van der Waals surface area contributed by atoms with Gasteiger partial charge in [0.05, 0.1) is 17.5 Å². The number of ketones is 2. The van der Waals surface area contributed by atoms with E-state index in [-0.39, 0.29) is 36.2 Å². The predicted molar refractivity (Wildman–Crippen MR) is 81.6 cm³/mol. The fourth-order valence-corrected chi connectivity index (χ4v) is 4.51. The van der Waals surface area contributed by atoms with Crippen molar-refractivity contribution < 1.29 is 19.2 Å². The number of hydrogen-bond donors (Lipinski definition) is 0. The van der Waals surface area contributed by atoms with Gasteiger partial charge in [0.1, 0.15) is 11.6 Å². The van der Waals surface area contributed by atoms with Gasteiger partial charge >= 0.3 is 0 Å². The van der Waals surface area contributed by atoms with Crippen LogP contribution >= 0.6 is 0 Å². The second kappa shape index (κ2) is 4.60. The number of nitrogens with zero attached hydrogens (tertiary/aromatic N) is 1. The molecule has 118 valence electrons. The van der Waals surface area contributed by atoms with Gasteiger partial charge in [-0.05, 0) is 37.1 Å². The number of benzene rings is 1. The number of aryl methyl sites for hydroxylation is 2. The average molecular weight is 311 g/mol. The van der Waals surface area contributed by atoms with Gasteiger partial charge in [-0.15, -0.1) is 0 Å². The van der Waals surface area contributed by atoms with E-state index >= 15 is 0 Å². The molecule has 4 fully saturated rings. The fraction of sp³-hybridized carbons (Fsp3) is 0.444. The topological polar surface area (TPSA) is 71.5 Å². The number of rotatable bonds is 1. The molecule has 1 aromatic rings. The average Bonchev–Trinajstić information content (AvgIpc) is 2.72. The SMILES string of the molecule is Cc1cc(C)cc(N2C(=O)[C@@H]3[C@H](C2=O)[C@@H]2CC(=O)[C@H]3CC2=O)c1. The first-order valence-corrected chi connectivity index (χ1v) is 7.90. The van der Waals surface area contributed by atoms with E-state index in [0.717, 1.165) is 11.1 Å². The van der Waals surface area contributed by atoms with Crippen LogP contribution in [-0.2, 0) is 19.2 Å². The van der Waals surface area contributed by atoms with Gasteiger partial charge in [-0.25, -0.2) is 4.90 Å². The molecule has 4 atom stereocenters. The molecule has 1 aliphatic heterocycles. The molecule has 0 N–H and O–H groups in total. The molecular weight excluding hydrogens is 294 g/mol. The second-order valence-corrected chi connectivity index (χ2v) is 6.96. The van der Waals surface area contributed by atoms with Crippen molar-refractivity contribution in [2.75, 3.05) is 4.90 Å². The highest BCUT2D eigenvalue weighted by Crippen LogP contribution is 2.50. The van der Waals surface area contributed by atoms with Gasteiger partial charge < -0.3 is 0 Å². The van der Waals surface area contributed by atoms with Crippen molar-refractivity contribution in [1.29, 1.82) is 0 Å². The van der Waals surface area contributed by atoms with Crippen molar-refractivity contribution in [1.82, 2.24) is 0 Å². The summed E-state index contributed by atoms with van der Waals surface area (Å²) < 4.78 is 0. The minimum absolute atomic E-state index is 0.0423. The summed E-state index contributed by atoms with van der Waals surface area (Å²) in [6, 6.07) is 5.57. The minimum Gasteiger partial charge on any atom is -0.299 e. The summed E-state index contributed by atoms with van der Waals surface area (Å²) in [7, 11) is 0. The Morgan fingerprint density at radius 2 is 1.22 bits per heavy atom. The van der Waals surface area contributed by atoms with Crippen molar-refractivity contribution >= 4 is 29.1 Å². The van der Waals surface area contributed by atoms with Gasteiger partial charge in [0.2, 0.25) is 11.8 Å². The van der Waals surface area contributed by atoms with Crippen molar-refractivity contribution in [3.05, 3.63) is 29.3 Å². The molecule has 0 spiro atoms. The van der Waals surface area contributed by atoms with Crippen molar-refractivity contribution in [2.45, 2.75) is 26.7 Å². The predicted octanol–water partition coefficient (Wildman–Crippen LogP) is 1.59. The maximum Gasteiger partial charge on any atom is 0.238 e. The summed E-state index contributed by atoms with van der Waals surface area (Å²) in [6.45, 7) is 3.82. The Labute approximate surface area is 133 Å². The lowest BCUT2D eigenvalue weighted by Gasteiger charge is -2.40. The lowest BCUT2D eigenvalue weighted by atomic mass is 9.58. The number of carbonyl (C=O) groups excluding carboxylic acids is 4. The minimum atomic E-state index is -0.646. The van der Waals surface area contributed by atoms with E-state index in [2.05, 4.69) is 0 Å². The molecule has 0 aromatic heterocycles. The van der Waals surface area contributed by atoms with Crippen LogP contribution in [0.25, 0.3) is 0 Å². The van der Waals surface area contributed by atoms with Crippen molar-refractivity contribution in [2.24, 2.45) is 23.7 Å². The Bertz CT molecular complexity index is 721. The summed E-state index contributed by atoms with van der Waals surface area (Å²) in [5.41, 5.74) is 2.47. The van der Waals surface area contributed by atoms with Crippen molar-refractivity contribution in [3.8, 4) is 0 Å². The van der Waals surface area contributed by atoms with Gasteiger partial charge in [0.25, 0.3) is 0 Å². The van der Waals surface area contributed by atoms with Gasteiger partial charge in [-0.3, -0.25) is 19.2 Å². The molecule has 5 heteroatoms.